The number of fused-ring (bicyclic) bond motifs is 1. The van der Waals surface area contributed by atoms with Gasteiger partial charge in [-0.2, -0.15) is 0 Å². The van der Waals surface area contributed by atoms with E-state index in [0.717, 1.165) is 12.5 Å². The molecule has 0 spiro atoms. The van der Waals surface area contributed by atoms with Crippen LogP contribution in [0.1, 0.15) is 19.2 Å². The van der Waals surface area contributed by atoms with E-state index in [4.69, 9.17) is 4.74 Å². The minimum Gasteiger partial charge on any atom is -0.382 e. The summed E-state index contributed by atoms with van der Waals surface area (Å²) in [5.74, 6) is -0.573. The summed E-state index contributed by atoms with van der Waals surface area (Å²) in [5, 5.41) is 0. The van der Waals surface area contributed by atoms with Crippen molar-refractivity contribution in [3.05, 3.63) is 29.6 Å². The number of halogens is 2. The van der Waals surface area contributed by atoms with Gasteiger partial charge in [0, 0.05) is 25.7 Å². The SMILES string of the molecule is CCOCCCc1nc2c(F)cc(F)cc2[nH]1. The van der Waals surface area contributed by atoms with E-state index < -0.39 is 11.6 Å². The van der Waals surface area contributed by atoms with Crippen LogP contribution in [-0.4, -0.2) is 23.2 Å². The number of H-pyrrole nitrogens is 1. The predicted octanol–water partition coefficient (Wildman–Crippen LogP) is 2.81. The molecule has 5 heteroatoms. The predicted molar refractivity (Wildman–Crippen MR) is 60.8 cm³/mol. The molecular formula is C12H14F2N2O. The lowest BCUT2D eigenvalue weighted by Crippen LogP contribution is -1.97. The first-order valence-corrected chi connectivity index (χ1v) is 5.62. The summed E-state index contributed by atoms with van der Waals surface area (Å²) in [4.78, 5) is 7.01. The highest BCUT2D eigenvalue weighted by atomic mass is 19.1. The van der Waals surface area contributed by atoms with Gasteiger partial charge in [-0.05, 0) is 19.4 Å². The van der Waals surface area contributed by atoms with Gasteiger partial charge in [0.05, 0.1) is 5.52 Å². The Labute approximate surface area is 97.8 Å². The van der Waals surface area contributed by atoms with Crippen LogP contribution in [0.3, 0.4) is 0 Å². The second kappa shape index (κ2) is 5.23. The Morgan fingerprint density at radius 3 is 2.94 bits per heavy atom. The Hall–Kier alpha value is -1.49. The van der Waals surface area contributed by atoms with E-state index in [2.05, 4.69) is 9.97 Å². The number of imidazole rings is 1. The number of aryl methyl sites for hydroxylation is 1. The molecular weight excluding hydrogens is 226 g/mol. The molecule has 0 unspecified atom stereocenters. The van der Waals surface area contributed by atoms with Crippen molar-refractivity contribution in [1.29, 1.82) is 0 Å². The Morgan fingerprint density at radius 2 is 2.18 bits per heavy atom. The van der Waals surface area contributed by atoms with E-state index in [-0.39, 0.29) is 5.52 Å². The van der Waals surface area contributed by atoms with E-state index in [0.29, 0.717) is 31.0 Å². The highest BCUT2D eigenvalue weighted by Gasteiger charge is 2.09. The number of nitrogens with zero attached hydrogens (tertiary/aromatic N) is 1. The van der Waals surface area contributed by atoms with Crippen LogP contribution < -0.4 is 0 Å². The zero-order chi connectivity index (χ0) is 12.3. The Morgan fingerprint density at radius 1 is 1.35 bits per heavy atom. The van der Waals surface area contributed by atoms with Gasteiger partial charge in [0.15, 0.2) is 5.82 Å². The largest absolute Gasteiger partial charge is 0.382 e. The molecule has 0 aliphatic heterocycles. The normalized spacial score (nSPS) is 11.2. The summed E-state index contributed by atoms with van der Waals surface area (Å²) in [7, 11) is 0. The maximum absolute atomic E-state index is 13.4. The van der Waals surface area contributed by atoms with E-state index in [1.165, 1.54) is 6.07 Å². The lowest BCUT2D eigenvalue weighted by atomic mass is 10.3. The Kier molecular flexibility index (Phi) is 3.68. The van der Waals surface area contributed by atoms with E-state index in [9.17, 15) is 8.78 Å². The van der Waals surface area contributed by atoms with Gasteiger partial charge in [0.2, 0.25) is 0 Å². The molecule has 2 rings (SSSR count). The molecule has 0 bridgehead atoms. The third kappa shape index (κ3) is 2.79. The molecule has 1 N–H and O–H groups in total. The highest BCUT2D eigenvalue weighted by Crippen LogP contribution is 2.17. The average molecular weight is 240 g/mol. The molecule has 0 saturated carbocycles. The van der Waals surface area contributed by atoms with Crippen LogP contribution in [0.25, 0.3) is 11.0 Å². The van der Waals surface area contributed by atoms with Crippen molar-refractivity contribution >= 4 is 11.0 Å². The monoisotopic (exact) mass is 240 g/mol. The minimum absolute atomic E-state index is 0.192. The molecule has 0 amide bonds. The maximum Gasteiger partial charge on any atom is 0.153 e. The summed E-state index contributed by atoms with van der Waals surface area (Å²) in [6, 6.07) is 2.09. The van der Waals surface area contributed by atoms with Gasteiger partial charge in [0.1, 0.15) is 17.2 Å². The molecule has 0 aliphatic carbocycles. The lowest BCUT2D eigenvalue weighted by molar-refractivity contribution is 0.145. The number of hydrogen-bond donors (Lipinski definition) is 1. The van der Waals surface area contributed by atoms with Crippen molar-refractivity contribution in [2.75, 3.05) is 13.2 Å². The number of hydrogen-bond acceptors (Lipinski definition) is 2. The first kappa shape index (κ1) is 12.0. The molecule has 1 heterocycles. The molecule has 0 aliphatic rings. The first-order valence-electron chi connectivity index (χ1n) is 5.62. The molecule has 17 heavy (non-hydrogen) atoms. The zero-order valence-electron chi connectivity index (χ0n) is 9.59. The fourth-order valence-corrected chi connectivity index (χ4v) is 1.70. The van der Waals surface area contributed by atoms with Crippen molar-refractivity contribution in [3.8, 4) is 0 Å². The van der Waals surface area contributed by atoms with Crippen molar-refractivity contribution in [1.82, 2.24) is 9.97 Å². The van der Waals surface area contributed by atoms with Crippen molar-refractivity contribution in [3.63, 3.8) is 0 Å². The van der Waals surface area contributed by atoms with Crippen molar-refractivity contribution < 1.29 is 13.5 Å². The average Bonchev–Trinajstić information content (AvgIpc) is 2.67. The summed E-state index contributed by atoms with van der Waals surface area (Å²) in [6.45, 7) is 3.25. The van der Waals surface area contributed by atoms with Gasteiger partial charge in [-0.1, -0.05) is 0 Å². The van der Waals surface area contributed by atoms with Crippen LogP contribution in [0.4, 0.5) is 8.78 Å². The fourth-order valence-electron chi connectivity index (χ4n) is 1.70. The molecule has 2 aromatic rings. The second-order valence-electron chi connectivity index (χ2n) is 3.77. The zero-order valence-corrected chi connectivity index (χ0v) is 9.59. The van der Waals surface area contributed by atoms with Gasteiger partial charge in [-0.15, -0.1) is 0 Å². The van der Waals surface area contributed by atoms with Crippen LogP contribution in [0, 0.1) is 11.6 Å². The van der Waals surface area contributed by atoms with Crippen molar-refractivity contribution in [2.45, 2.75) is 19.8 Å². The van der Waals surface area contributed by atoms with Gasteiger partial charge in [-0.3, -0.25) is 0 Å². The second-order valence-corrected chi connectivity index (χ2v) is 3.77. The van der Waals surface area contributed by atoms with Crippen LogP contribution in [0.2, 0.25) is 0 Å². The van der Waals surface area contributed by atoms with Crippen LogP contribution in [0.15, 0.2) is 12.1 Å². The number of aromatic nitrogens is 2. The number of rotatable bonds is 5. The Balaban J connectivity index is 2.12. The molecule has 1 aromatic carbocycles. The molecule has 3 nitrogen and oxygen atoms in total. The van der Waals surface area contributed by atoms with E-state index in [1.54, 1.807) is 0 Å². The van der Waals surface area contributed by atoms with Gasteiger partial charge < -0.3 is 9.72 Å². The van der Waals surface area contributed by atoms with Gasteiger partial charge in [-0.25, -0.2) is 13.8 Å². The summed E-state index contributed by atoms with van der Waals surface area (Å²) in [6.07, 6.45) is 1.47. The molecule has 0 atom stereocenters. The smallest absolute Gasteiger partial charge is 0.153 e. The third-order valence-corrected chi connectivity index (χ3v) is 2.46. The third-order valence-electron chi connectivity index (χ3n) is 2.46. The standard InChI is InChI=1S/C12H14F2N2O/c1-2-17-5-3-4-11-15-10-7-8(13)6-9(14)12(10)16-11/h6-7H,2-5H2,1H3,(H,15,16). The van der Waals surface area contributed by atoms with Crippen molar-refractivity contribution in [2.24, 2.45) is 0 Å². The van der Waals surface area contributed by atoms with E-state index in [1.807, 2.05) is 6.92 Å². The molecule has 1 aromatic heterocycles. The molecule has 0 radical (unpaired) electrons. The molecule has 0 fully saturated rings. The molecule has 92 valence electrons. The van der Waals surface area contributed by atoms with Gasteiger partial charge in [0.25, 0.3) is 0 Å². The number of aromatic amines is 1. The van der Waals surface area contributed by atoms with Crippen LogP contribution in [-0.2, 0) is 11.2 Å². The minimum atomic E-state index is -0.632. The topological polar surface area (TPSA) is 37.9 Å². The quantitative estimate of drug-likeness (QED) is 0.816. The fraction of sp³-hybridized carbons (Fsp3) is 0.417. The Bertz CT molecular complexity index is 510. The summed E-state index contributed by atoms with van der Waals surface area (Å²) < 4.78 is 31.5. The summed E-state index contributed by atoms with van der Waals surface area (Å²) in [5.41, 5.74) is 0.590. The number of nitrogens with one attached hydrogen (secondary N) is 1. The van der Waals surface area contributed by atoms with E-state index >= 15 is 0 Å². The van der Waals surface area contributed by atoms with Crippen LogP contribution >= 0.6 is 0 Å². The number of benzene rings is 1. The maximum atomic E-state index is 13.4. The highest BCUT2D eigenvalue weighted by molar-refractivity contribution is 5.75. The van der Waals surface area contributed by atoms with Crippen LogP contribution in [0.5, 0.6) is 0 Å². The molecule has 0 saturated heterocycles. The van der Waals surface area contributed by atoms with Gasteiger partial charge >= 0.3 is 0 Å². The lowest BCUT2D eigenvalue weighted by Gasteiger charge is -1.98. The summed E-state index contributed by atoms with van der Waals surface area (Å²) >= 11 is 0. The number of ether oxygens (including phenoxy) is 1. The first-order chi connectivity index (χ1) is 8.20.